The van der Waals surface area contributed by atoms with Crippen molar-refractivity contribution in [1.82, 2.24) is 4.31 Å². The van der Waals surface area contributed by atoms with Crippen LogP contribution in [0.4, 0.5) is 5.69 Å². The summed E-state index contributed by atoms with van der Waals surface area (Å²) in [5, 5.41) is 2.69. The van der Waals surface area contributed by atoms with Crippen LogP contribution in [0.1, 0.15) is 41.5 Å². The van der Waals surface area contributed by atoms with Gasteiger partial charge >= 0.3 is 0 Å². The normalized spacial score (nSPS) is 11.4. The third-order valence-electron chi connectivity index (χ3n) is 3.97. The predicted molar refractivity (Wildman–Crippen MR) is 101 cm³/mol. The molecule has 0 saturated carbocycles. The first-order valence-corrected chi connectivity index (χ1v) is 9.76. The Labute approximate surface area is 153 Å². The molecule has 6 nitrogen and oxygen atoms in total. The molecule has 26 heavy (non-hydrogen) atoms. The van der Waals surface area contributed by atoms with E-state index in [-0.39, 0.29) is 16.2 Å². The molecule has 0 aliphatic carbocycles. The lowest BCUT2D eigenvalue weighted by molar-refractivity contribution is 0.101. The lowest BCUT2D eigenvalue weighted by Gasteiger charge is -2.18. The van der Waals surface area contributed by atoms with Gasteiger partial charge in [0.25, 0.3) is 5.91 Å². The van der Waals surface area contributed by atoms with Gasteiger partial charge in [-0.25, -0.2) is 8.42 Å². The average Bonchev–Trinajstić information content (AvgIpc) is 2.62. The molecule has 2 rings (SSSR count). The molecule has 0 aromatic heterocycles. The molecule has 138 valence electrons. The summed E-state index contributed by atoms with van der Waals surface area (Å²) in [6, 6.07) is 12.5. The molecule has 0 radical (unpaired) electrons. The van der Waals surface area contributed by atoms with Crippen LogP contribution in [-0.2, 0) is 10.0 Å². The number of Topliss-reactive ketones (excluding diaryl/α,β-unsaturated/α-hetero) is 1. The van der Waals surface area contributed by atoms with Crippen molar-refractivity contribution in [2.24, 2.45) is 0 Å². The number of amides is 1. The van der Waals surface area contributed by atoms with Crippen LogP contribution in [0.5, 0.6) is 0 Å². The van der Waals surface area contributed by atoms with Gasteiger partial charge in [-0.2, -0.15) is 4.31 Å². The van der Waals surface area contributed by atoms with E-state index in [4.69, 9.17) is 0 Å². The summed E-state index contributed by atoms with van der Waals surface area (Å²) < 4.78 is 26.5. The Hall–Kier alpha value is -2.51. The molecule has 1 amide bonds. The zero-order valence-electron chi connectivity index (χ0n) is 15.0. The van der Waals surface area contributed by atoms with Gasteiger partial charge in [-0.1, -0.05) is 32.0 Å². The topological polar surface area (TPSA) is 83.6 Å². The molecule has 0 fully saturated rings. The maximum atomic E-state index is 12.6. The molecule has 2 aromatic carbocycles. The zero-order chi connectivity index (χ0) is 19.3. The minimum atomic E-state index is -3.64. The van der Waals surface area contributed by atoms with Crippen molar-refractivity contribution < 1.29 is 18.0 Å². The molecule has 2 aromatic rings. The number of carbonyl (C=O) groups is 2. The maximum Gasteiger partial charge on any atom is 0.255 e. The largest absolute Gasteiger partial charge is 0.322 e. The first kappa shape index (κ1) is 19.8. The van der Waals surface area contributed by atoms with E-state index in [9.17, 15) is 18.0 Å². The number of hydrogen-bond donors (Lipinski definition) is 1. The second-order valence-electron chi connectivity index (χ2n) is 5.71. The fourth-order valence-corrected chi connectivity index (χ4v) is 4.03. The quantitative estimate of drug-likeness (QED) is 0.755. The van der Waals surface area contributed by atoms with Gasteiger partial charge in [-0.3, -0.25) is 9.59 Å². The Bertz CT molecular complexity index is 919. The Morgan fingerprint density at radius 1 is 0.962 bits per heavy atom. The molecule has 0 atom stereocenters. The van der Waals surface area contributed by atoms with Crippen LogP contribution in [0.2, 0.25) is 0 Å². The highest BCUT2D eigenvalue weighted by Gasteiger charge is 2.22. The Morgan fingerprint density at radius 2 is 1.58 bits per heavy atom. The highest BCUT2D eigenvalue weighted by atomic mass is 32.2. The SMILES string of the molecule is CCN(CC)S(=O)(=O)c1cccc(C(=O)Nc2cccc(C(C)=O)c2)c1. The van der Waals surface area contributed by atoms with Gasteiger partial charge in [-0.15, -0.1) is 0 Å². The molecular formula is C19H22N2O4S. The van der Waals surface area contributed by atoms with Crippen molar-refractivity contribution in [3.63, 3.8) is 0 Å². The lowest BCUT2D eigenvalue weighted by Crippen LogP contribution is -2.30. The summed E-state index contributed by atoms with van der Waals surface area (Å²) in [6.07, 6.45) is 0. The first-order valence-electron chi connectivity index (χ1n) is 8.32. The third kappa shape index (κ3) is 4.36. The van der Waals surface area contributed by atoms with Crippen LogP contribution >= 0.6 is 0 Å². The van der Waals surface area contributed by atoms with Gasteiger partial charge in [-0.05, 0) is 37.3 Å². The van der Waals surface area contributed by atoms with Crippen molar-refractivity contribution in [1.29, 1.82) is 0 Å². The van der Waals surface area contributed by atoms with Gasteiger partial charge in [0.05, 0.1) is 4.90 Å². The van der Waals surface area contributed by atoms with E-state index in [1.807, 2.05) is 0 Å². The van der Waals surface area contributed by atoms with Crippen molar-refractivity contribution in [2.75, 3.05) is 18.4 Å². The van der Waals surface area contributed by atoms with Gasteiger partial charge in [0.15, 0.2) is 5.78 Å². The molecule has 0 heterocycles. The number of ketones is 1. The van der Waals surface area contributed by atoms with Crippen molar-refractivity contribution in [3.05, 3.63) is 59.7 Å². The fourth-order valence-electron chi connectivity index (χ4n) is 2.53. The Kier molecular flexibility index (Phi) is 6.28. The zero-order valence-corrected chi connectivity index (χ0v) is 15.8. The number of anilines is 1. The monoisotopic (exact) mass is 374 g/mol. The van der Waals surface area contributed by atoms with Crippen LogP contribution in [0.3, 0.4) is 0 Å². The number of rotatable bonds is 7. The smallest absolute Gasteiger partial charge is 0.255 e. The van der Waals surface area contributed by atoms with Crippen LogP contribution < -0.4 is 5.32 Å². The summed E-state index contributed by atoms with van der Waals surface area (Å²) in [5.41, 5.74) is 1.19. The van der Waals surface area contributed by atoms with E-state index in [1.165, 1.54) is 29.4 Å². The highest BCUT2D eigenvalue weighted by Crippen LogP contribution is 2.18. The number of benzene rings is 2. The number of carbonyl (C=O) groups excluding carboxylic acids is 2. The van der Waals surface area contributed by atoms with Crippen molar-refractivity contribution in [3.8, 4) is 0 Å². The number of nitrogens with one attached hydrogen (secondary N) is 1. The summed E-state index contributed by atoms with van der Waals surface area (Å²) in [6.45, 7) is 5.68. The van der Waals surface area contributed by atoms with Gasteiger partial charge in [0.2, 0.25) is 10.0 Å². The molecule has 0 aliphatic heterocycles. The van der Waals surface area contributed by atoms with Crippen LogP contribution in [0, 0.1) is 0 Å². The third-order valence-corrected chi connectivity index (χ3v) is 6.01. The van der Waals surface area contributed by atoms with E-state index in [0.717, 1.165) is 0 Å². The molecule has 7 heteroatoms. The van der Waals surface area contributed by atoms with E-state index < -0.39 is 15.9 Å². The van der Waals surface area contributed by atoms with E-state index >= 15 is 0 Å². The molecule has 0 aliphatic rings. The maximum absolute atomic E-state index is 12.6. The number of hydrogen-bond acceptors (Lipinski definition) is 4. The Morgan fingerprint density at radius 3 is 2.19 bits per heavy atom. The average molecular weight is 374 g/mol. The van der Waals surface area contributed by atoms with E-state index in [2.05, 4.69) is 5.32 Å². The van der Waals surface area contributed by atoms with E-state index in [0.29, 0.717) is 24.3 Å². The summed E-state index contributed by atoms with van der Waals surface area (Å²) in [7, 11) is -3.64. The highest BCUT2D eigenvalue weighted by molar-refractivity contribution is 7.89. The molecule has 0 unspecified atom stereocenters. The number of nitrogens with zero attached hydrogens (tertiary/aromatic N) is 1. The predicted octanol–water partition coefficient (Wildman–Crippen LogP) is 3.17. The first-order chi connectivity index (χ1) is 12.3. The van der Waals surface area contributed by atoms with Gasteiger partial charge in [0, 0.05) is 29.9 Å². The van der Waals surface area contributed by atoms with Gasteiger partial charge in [0.1, 0.15) is 0 Å². The van der Waals surface area contributed by atoms with Gasteiger partial charge < -0.3 is 5.32 Å². The molecule has 0 spiro atoms. The molecular weight excluding hydrogens is 352 g/mol. The van der Waals surface area contributed by atoms with Crippen LogP contribution in [-0.4, -0.2) is 37.5 Å². The van der Waals surface area contributed by atoms with Crippen LogP contribution in [0.15, 0.2) is 53.4 Å². The molecule has 0 saturated heterocycles. The summed E-state index contributed by atoms with van der Waals surface area (Å²) >= 11 is 0. The minimum Gasteiger partial charge on any atom is -0.322 e. The molecule has 0 bridgehead atoms. The lowest BCUT2D eigenvalue weighted by atomic mass is 10.1. The molecule has 1 N–H and O–H groups in total. The van der Waals surface area contributed by atoms with E-state index in [1.54, 1.807) is 44.2 Å². The Balaban J connectivity index is 2.29. The fraction of sp³-hybridized carbons (Fsp3) is 0.263. The minimum absolute atomic E-state index is 0.0753. The standard InChI is InChI=1S/C19H22N2O4S/c1-4-21(5-2)26(24,25)18-11-7-9-16(13-18)19(23)20-17-10-6-8-15(12-17)14(3)22/h6-13H,4-5H2,1-3H3,(H,20,23). The van der Waals surface area contributed by atoms with Crippen molar-refractivity contribution in [2.45, 2.75) is 25.7 Å². The summed E-state index contributed by atoms with van der Waals surface area (Å²) in [4.78, 5) is 24.0. The van der Waals surface area contributed by atoms with Crippen molar-refractivity contribution >= 4 is 27.4 Å². The summed E-state index contributed by atoms with van der Waals surface area (Å²) in [5.74, 6) is -0.546. The van der Waals surface area contributed by atoms with Crippen LogP contribution in [0.25, 0.3) is 0 Å². The second kappa shape index (κ2) is 8.25. The number of sulfonamides is 1. The second-order valence-corrected chi connectivity index (χ2v) is 7.65.